The van der Waals surface area contributed by atoms with E-state index >= 15 is 0 Å². The number of ether oxygens (including phenoxy) is 1. The zero-order chi connectivity index (χ0) is 20.4. The molecule has 6 nitrogen and oxygen atoms in total. The standard InChI is InChI=1S/C22H20N2O4S/c1-24(15-16-7-3-2-4-8-16)29(26,27)18-13-11-17(12-14-18)23-21-19-9-5-6-10-20(19)22(25)28-21/h2-14,21,23H,15H2,1H3. The van der Waals surface area contributed by atoms with Crippen LogP contribution in [-0.4, -0.2) is 25.7 Å². The van der Waals surface area contributed by atoms with Crippen molar-refractivity contribution in [3.63, 3.8) is 0 Å². The molecule has 148 valence electrons. The largest absolute Gasteiger partial charge is 0.434 e. The minimum absolute atomic E-state index is 0.199. The van der Waals surface area contributed by atoms with Gasteiger partial charge < -0.3 is 10.1 Å². The Morgan fingerprint density at radius 2 is 1.59 bits per heavy atom. The van der Waals surface area contributed by atoms with E-state index < -0.39 is 16.3 Å². The average molecular weight is 408 g/mol. The summed E-state index contributed by atoms with van der Waals surface area (Å²) >= 11 is 0. The average Bonchev–Trinajstić information content (AvgIpc) is 3.05. The lowest BCUT2D eigenvalue weighted by Crippen LogP contribution is -2.26. The van der Waals surface area contributed by atoms with Crippen LogP contribution in [0.15, 0.2) is 83.8 Å². The van der Waals surface area contributed by atoms with Gasteiger partial charge in [0.05, 0.1) is 10.5 Å². The molecule has 0 aromatic heterocycles. The number of cyclic esters (lactones) is 1. The van der Waals surface area contributed by atoms with Gasteiger partial charge in [-0.25, -0.2) is 13.2 Å². The van der Waals surface area contributed by atoms with Gasteiger partial charge in [-0.3, -0.25) is 0 Å². The van der Waals surface area contributed by atoms with Crippen molar-refractivity contribution in [2.75, 3.05) is 12.4 Å². The SMILES string of the molecule is CN(Cc1ccccc1)S(=O)(=O)c1ccc(NC2OC(=O)c3ccccc32)cc1. The second-order valence-corrected chi connectivity index (χ2v) is 8.83. The van der Waals surface area contributed by atoms with E-state index in [1.807, 2.05) is 42.5 Å². The van der Waals surface area contributed by atoms with Crippen molar-refractivity contribution in [2.45, 2.75) is 17.7 Å². The Balaban J connectivity index is 1.48. The summed E-state index contributed by atoms with van der Waals surface area (Å²) in [6.07, 6.45) is -0.595. The van der Waals surface area contributed by atoms with Gasteiger partial charge in [0.15, 0.2) is 0 Å². The molecule has 0 amide bonds. The lowest BCUT2D eigenvalue weighted by Gasteiger charge is -2.18. The highest BCUT2D eigenvalue weighted by atomic mass is 32.2. The first kappa shape index (κ1) is 19.2. The number of hydrogen-bond acceptors (Lipinski definition) is 5. The molecule has 1 heterocycles. The number of fused-ring (bicyclic) bond motifs is 1. The van der Waals surface area contributed by atoms with E-state index in [4.69, 9.17) is 4.74 Å². The first-order chi connectivity index (χ1) is 13.9. The Kier molecular flexibility index (Phi) is 5.08. The van der Waals surface area contributed by atoms with Crippen LogP contribution in [0.2, 0.25) is 0 Å². The van der Waals surface area contributed by atoms with Gasteiger partial charge in [0, 0.05) is 24.8 Å². The molecule has 0 fully saturated rings. The summed E-state index contributed by atoms with van der Waals surface area (Å²) in [4.78, 5) is 12.1. The van der Waals surface area contributed by atoms with Gasteiger partial charge in [0.1, 0.15) is 0 Å². The highest BCUT2D eigenvalue weighted by Gasteiger charge is 2.30. The molecule has 1 aliphatic heterocycles. The molecule has 7 heteroatoms. The van der Waals surface area contributed by atoms with E-state index in [1.54, 1.807) is 43.4 Å². The molecule has 0 bridgehead atoms. The van der Waals surface area contributed by atoms with Crippen molar-refractivity contribution in [1.82, 2.24) is 4.31 Å². The molecular formula is C22H20N2O4S. The summed E-state index contributed by atoms with van der Waals surface area (Å²) < 4.78 is 32.4. The molecule has 1 N–H and O–H groups in total. The molecule has 1 aliphatic rings. The van der Waals surface area contributed by atoms with E-state index in [0.29, 0.717) is 11.3 Å². The molecule has 0 saturated carbocycles. The van der Waals surface area contributed by atoms with E-state index in [-0.39, 0.29) is 17.4 Å². The Morgan fingerprint density at radius 1 is 0.931 bits per heavy atom. The van der Waals surface area contributed by atoms with Crippen molar-refractivity contribution >= 4 is 21.7 Å². The number of sulfonamides is 1. The van der Waals surface area contributed by atoms with Gasteiger partial charge in [0.25, 0.3) is 0 Å². The van der Waals surface area contributed by atoms with Crippen molar-refractivity contribution in [2.24, 2.45) is 0 Å². The van der Waals surface area contributed by atoms with Crippen LogP contribution in [-0.2, 0) is 21.3 Å². The third-order valence-corrected chi connectivity index (χ3v) is 6.61. The minimum Gasteiger partial charge on any atom is -0.434 e. The monoisotopic (exact) mass is 408 g/mol. The summed E-state index contributed by atoms with van der Waals surface area (Å²) in [6, 6.07) is 23.0. The van der Waals surface area contributed by atoms with Crippen LogP contribution < -0.4 is 5.32 Å². The van der Waals surface area contributed by atoms with Crippen molar-refractivity contribution in [3.05, 3.63) is 95.6 Å². The Hall–Kier alpha value is -3.16. The highest BCUT2D eigenvalue weighted by Crippen LogP contribution is 2.31. The predicted molar refractivity (Wildman–Crippen MR) is 110 cm³/mol. The Morgan fingerprint density at radius 3 is 2.31 bits per heavy atom. The number of esters is 1. The third kappa shape index (κ3) is 3.87. The number of hydrogen-bond donors (Lipinski definition) is 1. The van der Waals surface area contributed by atoms with Gasteiger partial charge in [-0.05, 0) is 35.9 Å². The van der Waals surface area contributed by atoms with Crippen LogP contribution in [0.4, 0.5) is 5.69 Å². The van der Waals surface area contributed by atoms with Gasteiger partial charge in [-0.2, -0.15) is 4.31 Å². The topological polar surface area (TPSA) is 75.7 Å². The zero-order valence-electron chi connectivity index (χ0n) is 15.8. The van der Waals surface area contributed by atoms with Crippen LogP contribution >= 0.6 is 0 Å². The number of carbonyl (C=O) groups is 1. The third-order valence-electron chi connectivity index (χ3n) is 4.80. The minimum atomic E-state index is -3.62. The van der Waals surface area contributed by atoms with Gasteiger partial charge in [-0.15, -0.1) is 0 Å². The Labute approximate surface area is 169 Å². The van der Waals surface area contributed by atoms with E-state index in [0.717, 1.165) is 11.1 Å². The summed E-state index contributed by atoms with van der Waals surface area (Å²) in [7, 11) is -2.06. The van der Waals surface area contributed by atoms with Crippen LogP contribution in [0.3, 0.4) is 0 Å². The molecule has 3 aromatic carbocycles. The molecule has 0 aliphatic carbocycles. The van der Waals surface area contributed by atoms with Gasteiger partial charge in [-0.1, -0.05) is 48.5 Å². The molecule has 3 aromatic rings. The second kappa shape index (κ2) is 7.69. The van der Waals surface area contributed by atoms with E-state index in [1.165, 1.54) is 4.31 Å². The summed E-state index contributed by atoms with van der Waals surface area (Å²) in [6.45, 7) is 0.290. The fourth-order valence-corrected chi connectivity index (χ4v) is 4.39. The number of carbonyl (C=O) groups excluding carboxylic acids is 1. The quantitative estimate of drug-likeness (QED) is 0.628. The maximum Gasteiger partial charge on any atom is 0.340 e. The maximum atomic E-state index is 12.8. The van der Waals surface area contributed by atoms with Crippen molar-refractivity contribution < 1.29 is 17.9 Å². The fraction of sp³-hybridized carbons (Fsp3) is 0.136. The summed E-state index contributed by atoms with van der Waals surface area (Å²) in [5.74, 6) is -0.375. The van der Waals surface area contributed by atoms with Crippen LogP contribution in [0, 0.1) is 0 Å². The van der Waals surface area contributed by atoms with E-state index in [2.05, 4.69) is 5.32 Å². The van der Waals surface area contributed by atoms with Gasteiger partial charge in [0.2, 0.25) is 16.3 Å². The second-order valence-electron chi connectivity index (χ2n) is 6.79. The number of rotatable bonds is 6. The van der Waals surface area contributed by atoms with E-state index in [9.17, 15) is 13.2 Å². The lowest BCUT2D eigenvalue weighted by molar-refractivity contribution is 0.0437. The smallest absolute Gasteiger partial charge is 0.340 e. The number of nitrogens with zero attached hydrogens (tertiary/aromatic N) is 1. The first-order valence-electron chi connectivity index (χ1n) is 9.12. The molecule has 1 unspecified atom stereocenters. The number of benzene rings is 3. The fourth-order valence-electron chi connectivity index (χ4n) is 3.23. The maximum absolute atomic E-state index is 12.8. The summed E-state index contributed by atoms with van der Waals surface area (Å²) in [5.41, 5.74) is 2.87. The van der Waals surface area contributed by atoms with Gasteiger partial charge >= 0.3 is 5.97 Å². The number of anilines is 1. The molecule has 0 radical (unpaired) electrons. The van der Waals surface area contributed by atoms with Crippen molar-refractivity contribution in [1.29, 1.82) is 0 Å². The zero-order valence-corrected chi connectivity index (χ0v) is 16.6. The molecule has 0 saturated heterocycles. The Bertz CT molecular complexity index is 1130. The molecular weight excluding hydrogens is 388 g/mol. The lowest BCUT2D eigenvalue weighted by atomic mass is 10.1. The van der Waals surface area contributed by atoms with Crippen LogP contribution in [0.25, 0.3) is 0 Å². The molecule has 1 atom stereocenters. The van der Waals surface area contributed by atoms with Crippen LogP contribution in [0.5, 0.6) is 0 Å². The highest BCUT2D eigenvalue weighted by molar-refractivity contribution is 7.89. The number of nitrogens with one attached hydrogen (secondary N) is 1. The first-order valence-corrected chi connectivity index (χ1v) is 10.6. The predicted octanol–water partition coefficient (Wildman–Crippen LogP) is 3.79. The molecule has 0 spiro atoms. The summed E-state index contributed by atoms with van der Waals surface area (Å²) in [5, 5.41) is 3.12. The molecule has 4 rings (SSSR count). The molecule has 29 heavy (non-hydrogen) atoms. The van der Waals surface area contributed by atoms with Crippen molar-refractivity contribution in [3.8, 4) is 0 Å². The van der Waals surface area contributed by atoms with Crippen LogP contribution in [0.1, 0.15) is 27.7 Å². The normalized spacial score (nSPS) is 15.8.